The van der Waals surface area contributed by atoms with Crippen molar-refractivity contribution < 1.29 is 14.6 Å². The lowest BCUT2D eigenvalue weighted by Gasteiger charge is -2.03. The zero-order valence-electron chi connectivity index (χ0n) is 14.8. The van der Waals surface area contributed by atoms with E-state index in [1.54, 1.807) is 35.1 Å². The maximum atomic E-state index is 12.3. The maximum Gasteiger partial charge on any atom is 0.293 e. The van der Waals surface area contributed by atoms with Crippen molar-refractivity contribution in [3.63, 3.8) is 0 Å². The van der Waals surface area contributed by atoms with Crippen LogP contribution in [0.5, 0.6) is 11.5 Å². The summed E-state index contributed by atoms with van der Waals surface area (Å²) in [6.07, 6.45) is 3.16. The molecular formula is C19H16BrClN4O3. The minimum Gasteiger partial charge on any atom is -0.504 e. The normalized spacial score (nSPS) is 11.0. The van der Waals surface area contributed by atoms with Gasteiger partial charge in [0.05, 0.1) is 24.3 Å². The van der Waals surface area contributed by atoms with E-state index < -0.39 is 5.91 Å². The Bertz CT molecular complexity index is 1020. The van der Waals surface area contributed by atoms with Gasteiger partial charge in [-0.25, -0.2) is 5.43 Å². The quantitative estimate of drug-likeness (QED) is 0.430. The zero-order chi connectivity index (χ0) is 20.1. The molecule has 1 aromatic heterocycles. The predicted octanol–water partition coefficient (Wildman–Crippen LogP) is 3.83. The number of phenols is 1. The molecule has 0 aliphatic carbocycles. The van der Waals surface area contributed by atoms with Gasteiger partial charge < -0.3 is 9.84 Å². The topological polar surface area (TPSA) is 88.7 Å². The highest BCUT2D eigenvalue weighted by Gasteiger charge is 2.15. The van der Waals surface area contributed by atoms with Crippen LogP contribution in [-0.4, -0.2) is 34.1 Å². The van der Waals surface area contributed by atoms with Crippen LogP contribution in [0.2, 0.25) is 5.02 Å². The van der Waals surface area contributed by atoms with Crippen molar-refractivity contribution in [3.8, 4) is 11.5 Å². The molecule has 1 heterocycles. The van der Waals surface area contributed by atoms with E-state index in [2.05, 4.69) is 31.6 Å². The highest BCUT2D eigenvalue weighted by atomic mass is 79.9. The lowest BCUT2D eigenvalue weighted by Crippen LogP contribution is -2.19. The molecule has 0 unspecified atom stereocenters. The number of benzene rings is 2. The van der Waals surface area contributed by atoms with Gasteiger partial charge >= 0.3 is 0 Å². The summed E-state index contributed by atoms with van der Waals surface area (Å²) in [4.78, 5) is 12.3. The molecule has 0 aliphatic rings. The number of halogens is 2. The van der Waals surface area contributed by atoms with Crippen LogP contribution >= 0.6 is 27.5 Å². The molecular weight excluding hydrogens is 448 g/mol. The van der Waals surface area contributed by atoms with Gasteiger partial charge in [-0.1, -0.05) is 23.7 Å². The number of rotatable bonds is 6. The fraction of sp³-hybridized carbons (Fsp3) is 0.105. The van der Waals surface area contributed by atoms with E-state index in [1.165, 1.54) is 19.4 Å². The van der Waals surface area contributed by atoms with Gasteiger partial charge in [0.2, 0.25) is 0 Å². The number of carbonyl (C=O) groups excluding carboxylic acids is 1. The van der Waals surface area contributed by atoms with E-state index in [0.717, 1.165) is 5.56 Å². The first-order chi connectivity index (χ1) is 13.5. The van der Waals surface area contributed by atoms with Crippen LogP contribution in [0.25, 0.3) is 0 Å². The van der Waals surface area contributed by atoms with Crippen molar-refractivity contribution in [2.45, 2.75) is 6.54 Å². The van der Waals surface area contributed by atoms with Gasteiger partial charge in [0.15, 0.2) is 17.2 Å². The number of aromatic hydroxyl groups is 1. The smallest absolute Gasteiger partial charge is 0.293 e. The van der Waals surface area contributed by atoms with Crippen molar-refractivity contribution in [2.75, 3.05) is 7.11 Å². The summed E-state index contributed by atoms with van der Waals surface area (Å²) in [6, 6.07) is 12.1. The third kappa shape index (κ3) is 4.90. The maximum absolute atomic E-state index is 12.3. The molecule has 0 saturated carbocycles. The van der Waals surface area contributed by atoms with Crippen LogP contribution in [0.4, 0.5) is 0 Å². The van der Waals surface area contributed by atoms with Crippen molar-refractivity contribution in [2.24, 2.45) is 5.10 Å². The number of aromatic nitrogens is 2. The van der Waals surface area contributed by atoms with Gasteiger partial charge in [0, 0.05) is 11.2 Å². The van der Waals surface area contributed by atoms with Gasteiger partial charge in [0.1, 0.15) is 0 Å². The van der Waals surface area contributed by atoms with Gasteiger partial charge in [0.25, 0.3) is 5.91 Å². The Morgan fingerprint density at radius 2 is 2.11 bits per heavy atom. The second-order valence-electron chi connectivity index (χ2n) is 5.78. The number of methoxy groups -OCH3 is 1. The lowest BCUT2D eigenvalue weighted by molar-refractivity contribution is 0.0948. The third-order valence-electron chi connectivity index (χ3n) is 3.77. The van der Waals surface area contributed by atoms with E-state index in [9.17, 15) is 9.90 Å². The average molecular weight is 464 g/mol. The molecule has 28 heavy (non-hydrogen) atoms. The molecule has 0 radical (unpaired) electrons. The molecule has 2 N–H and O–H groups in total. The van der Waals surface area contributed by atoms with Crippen LogP contribution in [0.3, 0.4) is 0 Å². The monoisotopic (exact) mass is 462 g/mol. The number of nitrogens with zero attached hydrogens (tertiary/aromatic N) is 3. The second-order valence-corrected chi connectivity index (χ2v) is 7.07. The van der Waals surface area contributed by atoms with Gasteiger partial charge in [-0.05, 0) is 57.4 Å². The van der Waals surface area contributed by atoms with Gasteiger partial charge in [-0.3, -0.25) is 9.48 Å². The Hall–Kier alpha value is -2.84. The number of hydrazone groups is 1. The molecule has 0 atom stereocenters. The molecule has 0 spiro atoms. The van der Waals surface area contributed by atoms with Gasteiger partial charge in [-0.15, -0.1) is 0 Å². The highest BCUT2D eigenvalue weighted by Crippen LogP contribution is 2.25. The van der Waals surface area contributed by atoms with Crippen LogP contribution in [0, 0.1) is 0 Å². The third-order valence-corrected chi connectivity index (χ3v) is 4.61. The molecule has 0 fully saturated rings. The summed E-state index contributed by atoms with van der Waals surface area (Å²) in [5.74, 6) is -0.110. The van der Waals surface area contributed by atoms with Gasteiger partial charge in [-0.2, -0.15) is 10.2 Å². The second kappa shape index (κ2) is 8.90. The van der Waals surface area contributed by atoms with E-state index in [-0.39, 0.29) is 11.4 Å². The summed E-state index contributed by atoms with van der Waals surface area (Å²) < 4.78 is 7.24. The fourth-order valence-corrected chi connectivity index (χ4v) is 3.02. The summed E-state index contributed by atoms with van der Waals surface area (Å²) in [5.41, 5.74) is 4.31. The van der Waals surface area contributed by atoms with Crippen molar-refractivity contribution in [1.29, 1.82) is 0 Å². The summed E-state index contributed by atoms with van der Waals surface area (Å²) >= 11 is 9.23. The summed E-state index contributed by atoms with van der Waals surface area (Å²) in [5, 5.41) is 18.5. The number of ether oxygens (including phenoxy) is 1. The van der Waals surface area contributed by atoms with Crippen LogP contribution < -0.4 is 10.2 Å². The fourth-order valence-electron chi connectivity index (χ4n) is 2.40. The standard InChI is InChI=1S/C19H16BrClN4O3/c1-28-17-8-13(4-7-16(17)26)9-22-23-19(27)18-15(20)11-25(24-18)10-12-2-5-14(21)6-3-12/h2-9,11,26H,10H2,1H3,(H,23,27)/b22-9+. The minimum atomic E-state index is -0.455. The number of nitrogens with one attached hydrogen (secondary N) is 1. The molecule has 9 heteroatoms. The molecule has 0 aliphatic heterocycles. The number of carbonyl (C=O) groups is 1. The number of phenolic OH excluding ortho intramolecular Hbond substituents is 1. The molecule has 3 rings (SSSR count). The van der Waals surface area contributed by atoms with Crippen molar-refractivity contribution in [3.05, 3.63) is 75.0 Å². The van der Waals surface area contributed by atoms with Crippen LogP contribution in [0.15, 0.2) is 58.2 Å². The molecule has 144 valence electrons. The molecule has 7 nitrogen and oxygen atoms in total. The molecule has 2 aromatic carbocycles. The van der Waals surface area contributed by atoms with E-state index in [4.69, 9.17) is 16.3 Å². The first-order valence-electron chi connectivity index (χ1n) is 8.14. The first kappa shape index (κ1) is 19.9. The lowest BCUT2D eigenvalue weighted by atomic mass is 10.2. The Kier molecular flexibility index (Phi) is 6.33. The molecule has 0 bridgehead atoms. The minimum absolute atomic E-state index is 0.0267. The van der Waals surface area contributed by atoms with Crippen LogP contribution in [-0.2, 0) is 6.54 Å². The number of hydrogen-bond acceptors (Lipinski definition) is 5. The van der Waals surface area contributed by atoms with E-state index >= 15 is 0 Å². The summed E-state index contributed by atoms with van der Waals surface area (Å²) in [6.45, 7) is 0.500. The van der Waals surface area contributed by atoms with Crippen LogP contribution in [0.1, 0.15) is 21.6 Å². The highest BCUT2D eigenvalue weighted by molar-refractivity contribution is 9.10. The van der Waals surface area contributed by atoms with E-state index in [1.807, 2.05) is 12.1 Å². The molecule has 0 saturated heterocycles. The summed E-state index contributed by atoms with van der Waals surface area (Å²) in [7, 11) is 1.45. The van der Waals surface area contributed by atoms with Crippen molar-refractivity contribution >= 4 is 39.7 Å². The molecule has 1 amide bonds. The number of hydrogen-bond donors (Lipinski definition) is 2. The molecule has 3 aromatic rings. The van der Waals surface area contributed by atoms with Crippen molar-refractivity contribution in [1.82, 2.24) is 15.2 Å². The Balaban J connectivity index is 1.66. The van der Waals surface area contributed by atoms with E-state index in [0.29, 0.717) is 27.4 Å². The predicted molar refractivity (Wildman–Crippen MR) is 110 cm³/mol. The number of amides is 1. The zero-order valence-corrected chi connectivity index (χ0v) is 17.1. The first-order valence-corrected chi connectivity index (χ1v) is 9.31. The SMILES string of the molecule is COc1cc(/C=N/NC(=O)c2nn(Cc3ccc(Cl)cc3)cc2Br)ccc1O. The average Bonchev–Trinajstić information content (AvgIpc) is 3.05. The largest absolute Gasteiger partial charge is 0.504 e. The Labute approximate surface area is 174 Å². The Morgan fingerprint density at radius 3 is 2.82 bits per heavy atom. The Morgan fingerprint density at radius 1 is 1.36 bits per heavy atom.